The van der Waals surface area contributed by atoms with Gasteiger partial charge >= 0.3 is 6.09 Å². The summed E-state index contributed by atoms with van der Waals surface area (Å²) in [4.78, 5) is 26.9. The maximum Gasteiger partial charge on any atom is 0.406 e. The van der Waals surface area contributed by atoms with E-state index >= 15 is 4.39 Å². The second-order valence-electron chi connectivity index (χ2n) is 11.1. The molecule has 0 saturated carbocycles. The number of carbonyl (C=O) groups excluding carboxylic acids is 2. The molecule has 4 N–H and O–H groups in total. The molecular weight excluding hydrogens is 533 g/mol. The summed E-state index contributed by atoms with van der Waals surface area (Å²) in [7, 11) is 1.30. The van der Waals surface area contributed by atoms with Crippen LogP contribution >= 0.6 is 0 Å². The molecule has 224 valence electrons. The standard InChI is InChI=1S/C34H42FN3O4/c1-3-24-13-7-14-26(21-24)31-28(16-8-17-29(31)35)34(41,18-10-19-37-33(40)42-2)27-15-9-20-38(23-27)32(39)30(36)22-25-11-5-4-6-12-25/h4-8,11-14,16-17,21,27,30,41H,3,9-10,15,18-20,22-23,36H2,1-2H3,(H,37,40)/t27?,30-,34?/m0/s1. The van der Waals surface area contributed by atoms with Crippen LogP contribution in [0.4, 0.5) is 9.18 Å². The molecule has 3 aromatic rings. The predicted molar refractivity (Wildman–Crippen MR) is 162 cm³/mol. The summed E-state index contributed by atoms with van der Waals surface area (Å²) in [5.41, 5.74) is 8.50. The topological polar surface area (TPSA) is 105 Å². The number of rotatable bonds is 11. The number of aliphatic hydroxyl groups is 1. The maximum atomic E-state index is 15.7. The number of nitrogens with zero attached hydrogens (tertiary/aromatic N) is 1. The molecule has 0 radical (unpaired) electrons. The van der Waals surface area contributed by atoms with Gasteiger partial charge in [0, 0.05) is 31.1 Å². The maximum absolute atomic E-state index is 15.7. The van der Waals surface area contributed by atoms with Crippen LogP contribution in [-0.2, 0) is 28.0 Å². The molecule has 0 bridgehead atoms. The Morgan fingerprint density at radius 3 is 2.60 bits per heavy atom. The summed E-state index contributed by atoms with van der Waals surface area (Å²) in [6.45, 7) is 3.17. The number of alkyl carbamates (subject to hydrolysis) is 1. The van der Waals surface area contributed by atoms with Gasteiger partial charge in [-0.2, -0.15) is 0 Å². The first-order valence-corrected chi connectivity index (χ1v) is 14.8. The number of methoxy groups -OCH3 is 1. The van der Waals surface area contributed by atoms with Crippen LogP contribution in [0.1, 0.15) is 49.3 Å². The van der Waals surface area contributed by atoms with Gasteiger partial charge in [-0.25, -0.2) is 9.18 Å². The number of likely N-dealkylation sites (tertiary alicyclic amines) is 1. The molecule has 7 nitrogen and oxygen atoms in total. The van der Waals surface area contributed by atoms with Gasteiger partial charge in [-0.05, 0) is 66.8 Å². The number of hydrogen-bond donors (Lipinski definition) is 3. The molecule has 2 unspecified atom stereocenters. The van der Waals surface area contributed by atoms with E-state index in [4.69, 9.17) is 5.73 Å². The first kappa shape index (κ1) is 31.2. The van der Waals surface area contributed by atoms with Crippen molar-refractivity contribution >= 4 is 12.0 Å². The summed E-state index contributed by atoms with van der Waals surface area (Å²) < 4.78 is 20.3. The van der Waals surface area contributed by atoms with Gasteiger partial charge in [-0.3, -0.25) is 4.79 Å². The molecule has 1 aliphatic heterocycles. The molecule has 0 spiro atoms. The van der Waals surface area contributed by atoms with Crippen molar-refractivity contribution in [1.29, 1.82) is 0 Å². The molecule has 1 fully saturated rings. The van der Waals surface area contributed by atoms with E-state index in [-0.39, 0.29) is 24.8 Å². The Bertz CT molecular complexity index is 1350. The Balaban J connectivity index is 1.66. The van der Waals surface area contributed by atoms with Crippen LogP contribution < -0.4 is 11.1 Å². The molecule has 0 aliphatic carbocycles. The van der Waals surface area contributed by atoms with Gasteiger partial charge in [-0.1, -0.05) is 73.7 Å². The number of aryl methyl sites for hydroxylation is 1. The van der Waals surface area contributed by atoms with Crippen LogP contribution in [0, 0.1) is 11.7 Å². The zero-order chi connectivity index (χ0) is 30.1. The van der Waals surface area contributed by atoms with Crippen molar-refractivity contribution in [2.75, 3.05) is 26.7 Å². The second kappa shape index (κ2) is 14.4. The Morgan fingerprint density at radius 1 is 1.12 bits per heavy atom. The van der Waals surface area contributed by atoms with E-state index in [0.29, 0.717) is 55.5 Å². The zero-order valence-electron chi connectivity index (χ0n) is 24.5. The van der Waals surface area contributed by atoms with Gasteiger partial charge in [-0.15, -0.1) is 0 Å². The monoisotopic (exact) mass is 575 g/mol. The molecule has 2 amide bonds. The minimum absolute atomic E-state index is 0.159. The fraction of sp³-hybridized carbons (Fsp3) is 0.412. The van der Waals surface area contributed by atoms with Crippen LogP contribution in [-0.4, -0.2) is 54.8 Å². The molecule has 1 saturated heterocycles. The minimum Gasteiger partial charge on any atom is -0.453 e. The molecule has 0 aromatic heterocycles. The summed E-state index contributed by atoms with van der Waals surface area (Å²) in [5, 5.41) is 15.3. The van der Waals surface area contributed by atoms with Crippen LogP contribution in [0.5, 0.6) is 0 Å². The quantitative estimate of drug-likeness (QED) is 0.273. The molecule has 3 aromatic carbocycles. The van der Waals surface area contributed by atoms with E-state index in [1.165, 1.54) is 13.2 Å². The summed E-state index contributed by atoms with van der Waals surface area (Å²) in [6, 6.07) is 21.5. The average molecular weight is 576 g/mol. The van der Waals surface area contributed by atoms with Crippen molar-refractivity contribution in [1.82, 2.24) is 10.2 Å². The van der Waals surface area contributed by atoms with Gasteiger partial charge in [0.1, 0.15) is 5.82 Å². The van der Waals surface area contributed by atoms with Crippen molar-refractivity contribution in [3.63, 3.8) is 0 Å². The first-order valence-electron chi connectivity index (χ1n) is 14.8. The molecule has 1 aliphatic rings. The highest BCUT2D eigenvalue weighted by Crippen LogP contribution is 2.44. The molecule has 8 heteroatoms. The van der Waals surface area contributed by atoms with Crippen molar-refractivity contribution in [2.24, 2.45) is 11.7 Å². The number of nitrogens with one attached hydrogen (secondary N) is 1. The Hall–Kier alpha value is -3.75. The fourth-order valence-corrected chi connectivity index (χ4v) is 6.06. The second-order valence-corrected chi connectivity index (χ2v) is 11.1. The average Bonchev–Trinajstić information content (AvgIpc) is 3.02. The summed E-state index contributed by atoms with van der Waals surface area (Å²) >= 11 is 0. The highest BCUT2D eigenvalue weighted by molar-refractivity contribution is 5.82. The summed E-state index contributed by atoms with van der Waals surface area (Å²) in [5.74, 6) is -0.943. The number of benzene rings is 3. The highest BCUT2D eigenvalue weighted by Gasteiger charge is 2.43. The lowest BCUT2D eigenvalue weighted by Crippen LogP contribution is -2.52. The lowest BCUT2D eigenvalue weighted by atomic mass is 9.72. The minimum atomic E-state index is -1.47. The van der Waals surface area contributed by atoms with E-state index in [2.05, 4.69) is 10.1 Å². The number of piperidine rings is 1. The Morgan fingerprint density at radius 2 is 1.86 bits per heavy atom. The Kier molecular flexibility index (Phi) is 10.7. The smallest absolute Gasteiger partial charge is 0.406 e. The van der Waals surface area contributed by atoms with E-state index in [9.17, 15) is 14.7 Å². The number of carbonyl (C=O) groups is 2. The van der Waals surface area contributed by atoms with Crippen molar-refractivity contribution in [3.05, 3.63) is 95.3 Å². The third kappa shape index (κ3) is 7.36. The van der Waals surface area contributed by atoms with Crippen LogP contribution in [0.25, 0.3) is 11.1 Å². The van der Waals surface area contributed by atoms with Crippen LogP contribution in [0.2, 0.25) is 0 Å². The lowest BCUT2D eigenvalue weighted by Gasteiger charge is -2.44. The highest BCUT2D eigenvalue weighted by atomic mass is 19.1. The number of hydrogen-bond acceptors (Lipinski definition) is 5. The van der Waals surface area contributed by atoms with Crippen molar-refractivity contribution < 1.29 is 23.8 Å². The third-order valence-electron chi connectivity index (χ3n) is 8.32. The van der Waals surface area contributed by atoms with E-state index < -0.39 is 23.6 Å². The first-order chi connectivity index (χ1) is 20.3. The van der Waals surface area contributed by atoms with Crippen LogP contribution in [0.15, 0.2) is 72.8 Å². The molecule has 3 atom stereocenters. The van der Waals surface area contributed by atoms with Crippen molar-refractivity contribution in [2.45, 2.75) is 57.1 Å². The number of nitrogens with two attached hydrogens (primary N) is 1. The van der Waals surface area contributed by atoms with E-state index in [1.807, 2.05) is 61.5 Å². The predicted octanol–water partition coefficient (Wildman–Crippen LogP) is 5.19. The van der Waals surface area contributed by atoms with Crippen LogP contribution in [0.3, 0.4) is 0 Å². The fourth-order valence-electron chi connectivity index (χ4n) is 6.06. The van der Waals surface area contributed by atoms with E-state index in [1.54, 1.807) is 17.0 Å². The van der Waals surface area contributed by atoms with Gasteiger partial charge in [0.05, 0.1) is 18.8 Å². The number of halogens is 1. The van der Waals surface area contributed by atoms with Crippen molar-refractivity contribution in [3.8, 4) is 11.1 Å². The molecular formula is C34H42FN3O4. The molecule has 4 rings (SSSR count). The van der Waals surface area contributed by atoms with Gasteiger partial charge in [0.15, 0.2) is 0 Å². The number of amides is 2. The summed E-state index contributed by atoms with van der Waals surface area (Å²) in [6.07, 6.45) is 2.69. The van der Waals surface area contributed by atoms with E-state index in [0.717, 1.165) is 17.5 Å². The SMILES string of the molecule is CCc1cccc(-c2c(F)cccc2C(O)(CCCNC(=O)OC)C2CCCN(C(=O)[C@@H](N)Cc3ccccc3)C2)c1. The Labute approximate surface area is 247 Å². The van der Waals surface area contributed by atoms with Gasteiger partial charge in [0.25, 0.3) is 0 Å². The largest absolute Gasteiger partial charge is 0.453 e. The normalized spacial score (nSPS) is 17.3. The number of ether oxygens (including phenoxy) is 1. The van der Waals surface area contributed by atoms with Gasteiger partial charge in [0.2, 0.25) is 5.91 Å². The zero-order valence-corrected chi connectivity index (χ0v) is 24.5. The van der Waals surface area contributed by atoms with Gasteiger partial charge < -0.3 is 25.8 Å². The molecule has 1 heterocycles. The lowest BCUT2D eigenvalue weighted by molar-refractivity contribution is -0.138. The third-order valence-corrected chi connectivity index (χ3v) is 8.32. The molecule has 42 heavy (non-hydrogen) atoms.